The molecule has 0 atom stereocenters. The van der Waals surface area contributed by atoms with Gasteiger partial charge in [-0.05, 0) is 57.0 Å². The first-order valence-electron chi connectivity index (χ1n) is 12.7. The fraction of sp³-hybridized carbons (Fsp3) is 0.536. The van der Waals surface area contributed by atoms with Crippen molar-refractivity contribution in [2.24, 2.45) is 0 Å². The molecule has 1 aliphatic heterocycles. The first-order chi connectivity index (χ1) is 18.6. The van der Waals surface area contributed by atoms with Crippen molar-refractivity contribution in [2.45, 2.75) is 32.8 Å². The predicted molar refractivity (Wildman–Crippen MR) is 143 cm³/mol. The van der Waals surface area contributed by atoms with Crippen molar-refractivity contribution >= 4 is 23.9 Å². The number of esters is 1. The molecule has 0 spiro atoms. The molecule has 11 nitrogen and oxygen atoms in total. The molecule has 2 rings (SSSR count). The maximum atomic E-state index is 12.4. The Balaban J connectivity index is 1.71. The molecule has 0 saturated carbocycles. The van der Waals surface area contributed by atoms with Crippen LogP contribution in [0.4, 0.5) is 0 Å². The summed E-state index contributed by atoms with van der Waals surface area (Å²) in [5.41, 5.74) is 0.110. The molecule has 1 aliphatic rings. The summed E-state index contributed by atoms with van der Waals surface area (Å²) in [6, 6.07) is 3.41. The number of benzene rings is 1. The van der Waals surface area contributed by atoms with Gasteiger partial charge >= 0.3 is 5.97 Å². The smallest absolute Gasteiger partial charge is 0.332 e. The summed E-state index contributed by atoms with van der Waals surface area (Å²) in [7, 11) is 3.01. The van der Waals surface area contributed by atoms with E-state index in [4.69, 9.17) is 33.2 Å². The van der Waals surface area contributed by atoms with Crippen LogP contribution in [0.2, 0.25) is 0 Å². The Hall–Kier alpha value is -3.41. The number of ether oxygens (including phenoxy) is 7. The van der Waals surface area contributed by atoms with Gasteiger partial charge in [0.15, 0.2) is 11.5 Å². The molecular formula is C28H39NO10. The zero-order valence-corrected chi connectivity index (χ0v) is 23.4. The zero-order chi connectivity index (χ0) is 28.7. The number of imide groups is 1. The van der Waals surface area contributed by atoms with Gasteiger partial charge in [-0.2, -0.15) is 0 Å². The Morgan fingerprint density at radius 3 is 2.08 bits per heavy atom. The number of carbonyl (C=O) groups excluding carboxylic acids is 3. The summed E-state index contributed by atoms with van der Waals surface area (Å²) in [4.78, 5) is 37.0. The van der Waals surface area contributed by atoms with Crippen LogP contribution >= 0.6 is 0 Å². The molecule has 2 amide bonds. The minimum Gasteiger partial charge on any atom is -0.493 e. The number of methoxy groups -OCH3 is 2. The summed E-state index contributed by atoms with van der Waals surface area (Å²) >= 11 is 0. The quantitative estimate of drug-likeness (QED) is 0.173. The second kappa shape index (κ2) is 16.5. The van der Waals surface area contributed by atoms with Crippen molar-refractivity contribution in [3.63, 3.8) is 0 Å². The second-order valence-electron chi connectivity index (χ2n) is 9.32. The van der Waals surface area contributed by atoms with E-state index in [1.807, 2.05) is 0 Å². The van der Waals surface area contributed by atoms with Crippen molar-refractivity contribution in [1.82, 2.24) is 4.90 Å². The van der Waals surface area contributed by atoms with Gasteiger partial charge in [-0.15, -0.1) is 0 Å². The van der Waals surface area contributed by atoms with E-state index < -0.39 is 17.5 Å². The molecule has 0 bridgehead atoms. The van der Waals surface area contributed by atoms with Crippen LogP contribution in [-0.2, 0) is 33.3 Å². The molecule has 0 unspecified atom stereocenters. The van der Waals surface area contributed by atoms with E-state index in [0.717, 1.165) is 0 Å². The number of amides is 2. The Morgan fingerprint density at radius 1 is 0.923 bits per heavy atom. The Bertz CT molecular complexity index is 987. The number of rotatable bonds is 16. The molecular weight excluding hydrogens is 510 g/mol. The fourth-order valence-electron chi connectivity index (χ4n) is 3.37. The van der Waals surface area contributed by atoms with Crippen LogP contribution in [0.15, 0.2) is 30.4 Å². The third-order valence-electron chi connectivity index (χ3n) is 5.07. The van der Waals surface area contributed by atoms with Crippen LogP contribution in [0.3, 0.4) is 0 Å². The molecule has 1 aromatic carbocycles. The van der Waals surface area contributed by atoms with Crippen LogP contribution in [0.5, 0.6) is 17.2 Å². The third-order valence-corrected chi connectivity index (χ3v) is 5.07. The van der Waals surface area contributed by atoms with Crippen LogP contribution in [0.25, 0.3) is 6.08 Å². The Labute approximate surface area is 229 Å². The molecule has 0 saturated heterocycles. The summed E-state index contributed by atoms with van der Waals surface area (Å²) in [6.07, 6.45) is 6.72. The largest absolute Gasteiger partial charge is 0.493 e. The first kappa shape index (κ1) is 31.8. The van der Waals surface area contributed by atoms with E-state index in [2.05, 4.69) is 0 Å². The summed E-state index contributed by atoms with van der Waals surface area (Å²) < 4.78 is 38.0. The van der Waals surface area contributed by atoms with E-state index in [-0.39, 0.29) is 25.7 Å². The molecule has 216 valence electrons. The monoisotopic (exact) mass is 549 g/mol. The van der Waals surface area contributed by atoms with Crippen molar-refractivity contribution in [3.05, 3.63) is 35.9 Å². The minimum absolute atomic E-state index is 0.117. The topological polar surface area (TPSA) is 119 Å². The molecule has 1 aromatic rings. The zero-order valence-electron chi connectivity index (χ0n) is 23.4. The molecule has 0 fully saturated rings. The van der Waals surface area contributed by atoms with Crippen molar-refractivity contribution in [1.29, 1.82) is 0 Å². The van der Waals surface area contributed by atoms with Crippen LogP contribution in [0, 0.1) is 0 Å². The van der Waals surface area contributed by atoms with Crippen molar-refractivity contribution < 1.29 is 47.5 Å². The van der Waals surface area contributed by atoms with E-state index in [9.17, 15) is 14.4 Å². The normalized spacial score (nSPS) is 13.6. The highest BCUT2D eigenvalue weighted by Gasteiger charge is 2.19. The lowest BCUT2D eigenvalue weighted by molar-refractivity contribution is -0.160. The van der Waals surface area contributed by atoms with Gasteiger partial charge in [0.2, 0.25) is 5.75 Å². The standard InChI is InChI=1S/C28H39NO10/c1-28(2,3)39-26(32)20-37-15-14-35-12-13-36-16-17-38-27-22(33-4)18-21(19-23(27)34-5)9-10-25(31)29-11-7-6-8-24(29)30/h6,8-10,18-19H,7,11-17,20H2,1-5H3/b10-9+. The van der Waals surface area contributed by atoms with Gasteiger partial charge in [0.25, 0.3) is 11.8 Å². The Kier molecular flexibility index (Phi) is 13.5. The lowest BCUT2D eigenvalue weighted by atomic mass is 10.1. The van der Waals surface area contributed by atoms with Gasteiger partial charge in [0.1, 0.15) is 18.8 Å². The number of hydrogen-bond acceptors (Lipinski definition) is 10. The first-order valence-corrected chi connectivity index (χ1v) is 12.7. The van der Waals surface area contributed by atoms with Gasteiger partial charge < -0.3 is 33.2 Å². The SMILES string of the molecule is COc1cc(/C=C/C(=O)N2CCC=CC2=O)cc(OC)c1OCCOCCOCCOCC(=O)OC(C)(C)C. The summed E-state index contributed by atoms with van der Waals surface area (Å²) in [5.74, 6) is 0.122. The van der Waals surface area contributed by atoms with E-state index >= 15 is 0 Å². The Morgan fingerprint density at radius 2 is 1.51 bits per heavy atom. The molecule has 39 heavy (non-hydrogen) atoms. The maximum absolute atomic E-state index is 12.4. The number of hydrogen-bond donors (Lipinski definition) is 0. The molecule has 11 heteroatoms. The van der Waals surface area contributed by atoms with Gasteiger partial charge in [-0.25, -0.2) is 4.79 Å². The average Bonchev–Trinajstić information content (AvgIpc) is 2.89. The van der Waals surface area contributed by atoms with Crippen molar-refractivity contribution in [2.75, 3.05) is 67.0 Å². The summed E-state index contributed by atoms with van der Waals surface area (Å²) in [5, 5.41) is 0. The van der Waals surface area contributed by atoms with Crippen LogP contribution in [-0.4, -0.2) is 95.3 Å². The maximum Gasteiger partial charge on any atom is 0.332 e. The van der Waals surface area contributed by atoms with E-state index in [0.29, 0.717) is 62.2 Å². The van der Waals surface area contributed by atoms with Crippen LogP contribution in [0.1, 0.15) is 32.8 Å². The minimum atomic E-state index is -0.537. The van der Waals surface area contributed by atoms with E-state index in [1.165, 1.54) is 31.3 Å². The highest BCUT2D eigenvalue weighted by atomic mass is 16.6. The van der Waals surface area contributed by atoms with Gasteiger partial charge in [-0.3, -0.25) is 14.5 Å². The fourth-order valence-corrected chi connectivity index (χ4v) is 3.37. The molecule has 1 heterocycles. The molecule has 0 N–H and O–H groups in total. The van der Waals surface area contributed by atoms with Gasteiger partial charge in [-0.1, -0.05) is 6.08 Å². The predicted octanol–water partition coefficient (Wildman–Crippen LogP) is 2.80. The number of carbonyl (C=O) groups is 3. The number of nitrogens with zero attached hydrogens (tertiary/aromatic N) is 1. The third kappa shape index (κ3) is 11.9. The van der Waals surface area contributed by atoms with E-state index in [1.54, 1.807) is 45.1 Å². The van der Waals surface area contributed by atoms with Crippen molar-refractivity contribution in [3.8, 4) is 17.2 Å². The average molecular weight is 550 g/mol. The van der Waals surface area contributed by atoms with Gasteiger partial charge in [0.05, 0.1) is 47.3 Å². The molecule has 0 aromatic heterocycles. The molecule has 0 radical (unpaired) electrons. The lowest BCUT2D eigenvalue weighted by Crippen LogP contribution is -2.37. The summed E-state index contributed by atoms with van der Waals surface area (Å²) in [6.45, 7) is 7.50. The molecule has 0 aliphatic carbocycles. The lowest BCUT2D eigenvalue weighted by Gasteiger charge is -2.19. The highest BCUT2D eigenvalue weighted by molar-refractivity contribution is 6.06. The highest BCUT2D eigenvalue weighted by Crippen LogP contribution is 2.39. The van der Waals surface area contributed by atoms with Crippen LogP contribution < -0.4 is 14.2 Å². The van der Waals surface area contributed by atoms with Gasteiger partial charge in [0, 0.05) is 12.6 Å². The second-order valence-corrected chi connectivity index (χ2v) is 9.32.